The van der Waals surface area contributed by atoms with Crippen molar-refractivity contribution < 1.29 is 4.39 Å². The zero-order valence-electron chi connectivity index (χ0n) is 12.6. The highest BCUT2D eigenvalue weighted by atomic mass is 35.5. The Balaban J connectivity index is 2.63. The first-order chi connectivity index (χ1) is 11.3. The Kier molecular flexibility index (Phi) is 3.86. The average molecular weight is 350 g/mol. The molecule has 0 saturated carbocycles. The third-order valence-corrected chi connectivity index (χ3v) is 4.11. The number of H-pyrrole nitrogens is 1. The van der Waals surface area contributed by atoms with E-state index in [-0.39, 0.29) is 39.5 Å². The molecule has 1 aromatic carbocycles. The first-order valence-corrected chi connectivity index (χ1v) is 7.29. The van der Waals surface area contributed by atoms with Gasteiger partial charge in [-0.25, -0.2) is 14.2 Å². The van der Waals surface area contributed by atoms with Gasteiger partial charge in [0.25, 0.3) is 5.56 Å². The summed E-state index contributed by atoms with van der Waals surface area (Å²) in [6, 6.07) is 3.74. The Bertz CT molecular complexity index is 1090. The van der Waals surface area contributed by atoms with Crippen molar-refractivity contribution in [2.24, 2.45) is 12.8 Å². The summed E-state index contributed by atoms with van der Waals surface area (Å²) < 4.78 is 14.6. The zero-order chi connectivity index (χ0) is 17.6. The number of nitrogens with zero attached hydrogens (tertiary/aromatic N) is 2. The van der Waals surface area contributed by atoms with Gasteiger partial charge in [0.1, 0.15) is 17.3 Å². The molecule has 0 fully saturated rings. The fourth-order valence-electron chi connectivity index (χ4n) is 2.58. The highest BCUT2D eigenvalue weighted by molar-refractivity contribution is 6.33. The summed E-state index contributed by atoms with van der Waals surface area (Å²) in [6.45, 7) is -0.0424. The van der Waals surface area contributed by atoms with Crippen LogP contribution in [0.5, 0.6) is 0 Å². The smallest absolute Gasteiger partial charge is 0.329 e. The van der Waals surface area contributed by atoms with E-state index in [9.17, 15) is 14.0 Å². The Labute approximate surface area is 139 Å². The maximum atomic E-state index is 13.7. The number of halogens is 2. The molecule has 7 nitrogen and oxygen atoms in total. The Hall–Kier alpha value is -2.71. The molecule has 124 valence electrons. The summed E-state index contributed by atoms with van der Waals surface area (Å²) in [5, 5.41) is 0.283. The van der Waals surface area contributed by atoms with Crippen molar-refractivity contribution in [1.82, 2.24) is 14.5 Å². The maximum absolute atomic E-state index is 13.7. The van der Waals surface area contributed by atoms with Crippen LogP contribution in [0, 0.1) is 5.82 Å². The lowest BCUT2D eigenvalue weighted by Crippen LogP contribution is -2.33. The summed E-state index contributed by atoms with van der Waals surface area (Å²) in [5.41, 5.74) is 11.3. The molecule has 0 unspecified atom stereocenters. The first-order valence-electron chi connectivity index (χ1n) is 6.92. The molecule has 0 aliphatic rings. The fraction of sp³-hybridized carbons (Fsp3) is 0.133. The minimum absolute atomic E-state index is 0.00636. The molecule has 24 heavy (non-hydrogen) atoms. The van der Waals surface area contributed by atoms with Gasteiger partial charge in [-0.3, -0.25) is 14.3 Å². The van der Waals surface area contributed by atoms with Crippen molar-refractivity contribution in [3.63, 3.8) is 0 Å². The van der Waals surface area contributed by atoms with E-state index in [1.807, 2.05) is 0 Å². The monoisotopic (exact) mass is 349 g/mol. The number of aromatic nitrogens is 3. The number of rotatable bonds is 2. The van der Waals surface area contributed by atoms with Crippen LogP contribution in [0.2, 0.25) is 5.02 Å². The zero-order valence-corrected chi connectivity index (χ0v) is 13.3. The van der Waals surface area contributed by atoms with Gasteiger partial charge in [-0.1, -0.05) is 11.6 Å². The number of hydrogen-bond acceptors (Lipinski definition) is 5. The molecule has 0 bridgehead atoms. The Morgan fingerprint density at radius 3 is 2.75 bits per heavy atom. The van der Waals surface area contributed by atoms with E-state index < -0.39 is 17.1 Å². The number of hydrogen-bond donors (Lipinski definition) is 3. The molecule has 2 aromatic heterocycles. The molecule has 0 saturated heterocycles. The predicted octanol–water partition coefficient (Wildman–Crippen LogP) is 1.12. The highest BCUT2D eigenvalue weighted by Crippen LogP contribution is 2.36. The third kappa shape index (κ3) is 2.36. The lowest BCUT2D eigenvalue weighted by Gasteiger charge is -2.15. The summed E-state index contributed by atoms with van der Waals surface area (Å²) in [4.78, 5) is 30.9. The molecule has 0 spiro atoms. The van der Waals surface area contributed by atoms with Gasteiger partial charge in [0.05, 0.1) is 5.39 Å². The molecule has 2 heterocycles. The molecule has 0 aliphatic heterocycles. The lowest BCUT2D eigenvalue weighted by molar-refractivity contribution is 0.628. The van der Waals surface area contributed by atoms with E-state index in [1.165, 1.54) is 25.2 Å². The van der Waals surface area contributed by atoms with E-state index in [4.69, 9.17) is 23.1 Å². The van der Waals surface area contributed by atoms with Gasteiger partial charge >= 0.3 is 5.69 Å². The molecule has 9 heteroatoms. The van der Waals surface area contributed by atoms with Crippen molar-refractivity contribution in [1.29, 1.82) is 0 Å². The lowest BCUT2D eigenvalue weighted by atomic mass is 9.97. The van der Waals surface area contributed by atoms with Crippen molar-refractivity contribution in [2.45, 2.75) is 6.54 Å². The number of pyridine rings is 1. The second kappa shape index (κ2) is 5.73. The van der Waals surface area contributed by atoms with Crippen LogP contribution in [0.3, 0.4) is 0 Å². The summed E-state index contributed by atoms with van der Waals surface area (Å²) in [6.07, 6.45) is 0. The standard InChI is InChI=1S/C15H13ClFN5O2/c1-22-14(23)11-10(7-4-6(17)2-3-9(7)16)8(5-18)12(19)20-13(11)21-15(22)24/h2-4H,5,18H2,1H3,(H3,19,20,21,24). The second-order valence-corrected chi connectivity index (χ2v) is 5.60. The normalized spacial score (nSPS) is 11.2. The van der Waals surface area contributed by atoms with Crippen LogP contribution in [-0.2, 0) is 13.6 Å². The number of benzene rings is 1. The minimum atomic E-state index is -0.642. The Morgan fingerprint density at radius 1 is 1.38 bits per heavy atom. The van der Waals surface area contributed by atoms with Gasteiger partial charge < -0.3 is 11.5 Å². The molecule has 3 rings (SSSR count). The van der Waals surface area contributed by atoms with Crippen molar-refractivity contribution in [2.75, 3.05) is 5.73 Å². The molecule has 5 N–H and O–H groups in total. The molecular weight excluding hydrogens is 337 g/mol. The van der Waals surface area contributed by atoms with Crippen LogP contribution >= 0.6 is 11.6 Å². The SMILES string of the molecule is Cn1c(=O)[nH]c2nc(N)c(CN)c(-c3cc(F)ccc3Cl)c2c1=O. The number of anilines is 1. The third-order valence-electron chi connectivity index (χ3n) is 3.78. The summed E-state index contributed by atoms with van der Waals surface area (Å²) in [7, 11) is 1.32. The number of nitrogens with two attached hydrogens (primary N) is 2. The number of fused-ring (bicyclic) bond motifs is 1. The van der Waals surface area contributed by atoms with E-state index in [0.29, 0.717) is 5.56 Å². The number of aromatic amines is 1. The van der Waals surface area contributed by atoms with Gasteiger partial charge in [0, 0.05) is 35.3 Å². The van der Waals surface area contributed by atoms with Crippen LogP contribution in [0.1, 0.15) is 5.56 Å². The quantitative estimate of drug-likeness (QED) is 0.640. The van der Waals surface area contributed by atoms with Gasteiger partial charge in [0.15, 0.2) is 0 Å². The first kappa shape index (κ1) is 16.2. The van der Waals surface area contributed by atoms with Crippen LogP contribution in [0.4, 0.5) is 10.2 Å². The van der Waals surface area contributed by atoms with Crippen LogP contribution in [0.25, 0.3) is 22.2 Å². The van der Waals surface area contributed by atoms with Crippen molar-refractivity contribution in [3.05, 3.63) is 55.4 Å². The summed E-state index contributed by atoms with van der Waals surface area (Å²) in [5.74, 6) is -0.508. The summed E-state index contributed by atoms with van der Waals surface area (Å²) >= 11 is 6.19. The molecule has 0 aliphatic carbocycles. The largest absolute Gasteiger partial charge is 0.383 e. The van der Waals surface area contributed by atoms with Crippen molar-refractivity contribution in [3.8, 4) is 11.1 Å². The topological polar surface area (TPSA) is 120 Å². The van der Waals surface area contributed by atoms with Gasteiger partial charge in [-0.05, 0) is 18.2 Å². The van der Waals surface area contributed by atoms with Crippen molar-refractivity contribution >= 4 is 28.5 Å². The van der Waals surface area contributed by atoms with E-state index >= 15 is 0 Å². The maximum Gasteiger partial charge on any atom is 0.329 e. The average Bonchev–Trinajstić information content (AvgIpc) is 2.54. The van der Waals surface area contributed by atoms with Crippen LogP contribution < -0.4 is 22.7 Å². The number of nitrogens with one attached hydrogen (secondary N) is 1. The Morgan fingerprint density at radius 2 is 2.08 bits per heavy atom. The minimum Gasteiger partial charge on any atom is -0.383 e. The molecule has 0 atom stereocenters. The van der Waals surface area contributed by atoms with Gasteiger partial charge in [-0.15, -0.1) is 0 Å². The predicted molar refractivity (Wildman–Crippen MR) is 90.3 cm³/mol. The van der Waals surface area contributed by atoms with E-state index in [2.05, 4.69) is 9.97 Å². The highest BCUT2D eigenvalue weighted by Gasteiger charge is 2.21. The number of nitrogen functional groups attached to an aromatic ring is 1. The molecule has 0 radical (unpaired) electrons. The molecular formula is C15H13ClFN5O2. The van der Waals surface area contributed by atoms with Crippen LogP contribution in [0.15, 0.2) is 27.8 Å². The second-order valence-electron chi connectivity index (χ2n) is 5.20. The molecule has 3 aromatic rings. The molecule has 0 amide bonds. The van der Waals surface area contributed by atoms with Gasteiger partial charge in [0.2, 0.25) is 0 Å². The fourth-order valence-corrected chi connectivity index (χ4v) is 2.79. The van der Waals surface area contributed by atoms with Gasteiger partial charge in [-0.2, -0.15) is 0 Å². The van der Waals surface area contributed by atoms with E-state index in [1.54, 1.807) is 0 Å². The van der Waals surface area contributed by atoms with E-state index in [0.717, 1.165) is 4.57 Å². The van der Waals surface area contributed by atoms with Crippen LogP contribution in [-0.4, -0.2) is 14.5 Å².